The maximum atomic E-state index is 13.5. The summed E-state index contributed by atoms with van der Waals surface area (Å²) in [7, 11) is 0. The second-order valence-electron chi connectivity index (χ2n) is 5.30. The molecule has 1 N–H and O–H groups in total. The molecular weight excluding hydrogens is 297 g/mol. The van der Waals surface area contributed by atoms with Crippen LogP contribution in [0.1, 0.15) is 36.5 Å². The molecule has 1 aromatic carbocycles. The minimum Gasteiger partial charge on any atom is -0.341 e. The standard InChI is InChI=1S/C15H17F3N2O2/c1-9(15(22)20-7-3-2-4-8-20)19-14(21)10-5-6-11(16)13(18)12(10)17/h5-6,9H,2-4,7-8H2,1H3,(H,19,21)/t9-/m0/s1. The number of nitrogens with zero attached hydrogens (tertiary/aromatic N) is 1. The molecule has 0 bridgehead atoms. The van der Waals surface area contributed by atoms with Crippen molar-refractivity contribution in [3.63, 3.8) is 0 Å². The van der Waals surface area contributed by atoms with Gasteiger partial charge >= 0.3 is 0 Å². The van der Waals surface area contributed by atoms with Gasteiger partial charge in [0.15, 0.2) is 17.5 Å². The number of carbonyl (C=O) groups excluding carboxylic acids is 2. The molecule has 1 atom stereocenters. The third-order valence-corrected chi connectivity index (χ3v) is 3.67. The molecule has 1 saturated heterocycles. The van der Waals surface area contributed by atoms with E-state index in [0.717, 1.165) is 25.3 Å². The van der Waals surface area contributed by atoms with Crippen LogP contribution in [0.3, 0.4) is 0 Å². The van der Waals surface area contributed by atoms with Gasteiger partial charge in [0.25, 0.3) is 5.91 Å². The average molecular weight is 314 g/mol. The van der Waals surface area contributed by atoms with E-state index >= 15 is 0 Å². The smallest absolute Gasteiger partial charge is 0.255 e. The maximum absolute atomic E-state index is 13.5. The summed E-state index contributed by atoms with van der Waals surface area (Å²) in [5.74, 6) is -5.85. The van der Waals surface area contributed by atoms with Crippen LogP contribution in [0.2, 0.25) is 0 Å². The molecule has 120 valence electrons. The predicted molar refractivity (Wildman–Crippen MR) is 73.7 cm³/mol. The van der Waals surface area contributed by atoms with Crippen LogP contribution in [-0.2, 0) is 4.79 Å². The highest BCUT2D eigenvalue weighted by atomic mass is 19.2. The first-order chi connectivity index (χ1) is 10.4. The molecule has 0 spiro atoms. The number of nitrogens with one attached hydrogen (secondary N) is 1. The molecule has 2 amide bonds. The van der Waals surface area contributed by atoms with Crippen molar-refractivity contribution in [3.05, 3.63) is 35.1 Å². The Bertz CT molecular complexity index is 586. The van der Waals surface area contributed by atoms with Crippen molar-refractivity contribution in [2.75, 3.05) is 13.1 Å². The molecule has 1 aliphatic heterocycles. The van der Waals surface area contributed by atoms with Crippen LogP contribution >= 0.6 is 0 Å². The van der Waals surface area contributed by atoms with E-state index in [9.17, 15) is 22.8 Å². The van der Waals surface area contributed by atoms with Gasteiger partial charge in [-0.25, -0.2) is 13.2 Å². The Morgan fingerprint density at radius 1 is 1.09 bits per heavy atom. The van der Waals surface area contributed by atoms with Gasteiger partial charge in [0.05, 0.1) is 5.56 Å². The molecule has 1 heterocycles. The molecular formula is C15H17F3N2O2. The highest BCUT2D eigenvalue weighted by molar-refractivity contribution is 5.97. The monoisotopic (exact) mass is 314 g/mol. The molecule has 1 aromatic rings. The Balaban J connectivity index is 2.05. The first-order valence-electron chi connectivity index (χ1n) is 7.15. The summed E-state index contributed by atoms with van der Waals surface area (Å²) in [6.07, 6.45) is 2.87. The van der Waals surface area contributed by atoms with Gasteiger partial charge < -0.3 is 10.2 Å². The van der Waals surface area contributed by atoms with Crippen LogP contribution in [0.4, 0.5) is 13.2 Å². The fourth-order valence-electron chi connectivity index (χ4n) is 2.43. The Labute approximate surface area is 126 Å². The predicted octanol–water partition coefficient (Wildman–Crippen LogP) is 2.23. The number of benzene rings is 1. The van der Waals surface area contributed by atoms with Gasteiger partial charge in [-0.15, -0.1) is 0 Å². The lowest BCUT2D eigenvalue weighted by Gasteiger charge is -2.29. The summed E-state index contributed by atoms with van der Waals surface area (Å²) < 4.78 is 39.5. The number of amides is 2. The minimum absolute atomic E-state index is 0.268. The SMILES string of the molecule is C[C@H](NC(=O)c1ccc(F)c(F)c1F)C(=O)N1CCCCC1. The van der Waals surface area contributed by atoms with Gasteiger partial charge in [0.2, 0.25) is 5.91 Å². The van der Waals surface area contributed by atoms with Crippen molar-refractivity contribution >= 4 is 11.8 Å². The summed E-state index contributed by atoms with van der Waals surface area (Å²) in [6, 6.07) is 0.657. The lowest BCUT2D eigenvalue weighted by atomic mass is 10.1. The quantitative estimate of drug-likeness (QED) is 0.870. The molecule has 0 unspecified atom stereocenters. The molecule has 1 fully saturated rings. The summed E-state index contributed by atoms with van der Waals surface area (Å²) in [5, 5.41) is 2.32. The van der Waals surface area contributed by atoms with Crippen LogP contribution in [0.15, 0.2) is 12.1 Å². The zero-order valence-electron chi connectivity index (χ0n) is 12.2. The first-order valence-corrected chi connectivity index (χ1v) is 7.15. The highest BCUT2D eigenvalue weighted by Crippen LogP contribution is 2.15. The van der Waals surface area contributed by atoms with Crippen LogP contribution < -0.4 is 5.32 Å². The number of halogens is 3. The van der Waals surface area contributed by atoms with Gasteiger partial charge in [0.1, 0.15) is 6.04 Å². The summed E-state index contributed by atoms with van der Waals surface area (Å²) in [4.78, 5) is 25.7. The van der Waals surface area contributed by atoms with Crippen molar-refractivity contribution < 1.29 is 22.8 Å². The number of rotatable bonds is 3. The Morgan fingerprint density at radius 3 is 2.36 bits per heavy atom. The van der Waals surface area contributed by atoms with Crippen molar-refractivity contribution in [3.8, 4) is 0 Å². The summed E-state index contributed by atoms with van der Waals surface area (Å²) in [6.45, 7) is 2.73. The third-order valence-electron chi connectivity index (χ3n) is 3.67. The molecule has 0 radical (unpaired) electrons. The number of hydrogen-bond donors (Lipinski definition) is 1. The van der Waals surface area contributed by atoms with E-state index in [1.54, 1.807) is 4.90 Å². The van der Waals surface area contributed by atoms with E-state index in [0.29, 0.717) is 19.2 Å². The van der Waals surface area contributed by atoms with Gasteiger partial charge in [-0.3, -0.25) is 9.59 Å². The molecule has 1 aliphatic rings. The van der Waals surface area contributed by atoms with Crippen molar-refractivity contribution in [1.29, 1.82) is 0 Å². The Morgan fingerprint density at radius 2 is 1.73 bits per heavy atom. The van der Waals surface area contributed by atoms with E-state index in [2.05, 4.69) is 5.32 Å². The lowest BCUT2D eigenvalue weighted by Crippen LogP contribution is -2.48. The van der Waals surface area contributed by atoms with E-state index in [1.807, 2.05) is 0 Å². The average Bonchev–Trinajstić information content (AvgIpc) is 2.52. The van der Waals surface area contributed by atoms with Gasteiger partial charge in [-0.2, -0.15) is 0 Å². The van der Waals surface area contributed by atoms with E-state index in [4.69, 9.17) is 0 Å². The summed E-state index contributed by atoms with van der Waals surface area (Å²) >= 11 is 0. The topological polar surface area (TPSA) is 49.4 Å². The van der Waals surface area contributed by atoms with E-state index in [1.165, 1.54) is 6.92 Å². The van der Waals surface area contributed by atoms with Gasteiger partial charge in [-0.1, -0.05) is 0 Å². The molecule has 2 rings (SSSR count). The van der Waals surface area contributed by atoms with Crippen LogP contribution in [-0.4, -0.2) is 35.8 Å². The fraction of sp³-hybridized carbons (Fsp3) is 0.467. The largest absolute Gasteiger partial charge is 0.341 e. The Hall–Kier alpha value is -2.05. The number of piperidine rings is 1. The second kappa shape index (κ2) is 6.81. The van der Waals surface area contributed by atoms with E-state index < -0.39 is 35.0 Å². The number of likely N-dealkylation sites (tertiary alicyclic amines) is 1. The minimum atomic E-state index is -1.71. The van der Waals surface area contributed by atoms with Crippen molar-refractivity contribution in [2.45, 2.75) is 32.2 Å². The van der Waals surface area contributed by atoms with Gasteiger partial charge in [-0.05, 0) is 38.3 Å². The van der Waals surface area contributed by atoms with Crippen LogP contribution in [0.5, 0.6) is 0 Å². The maximum Gasteiger partial charge on any atom is 0.255 e. The Kier molecular flexibility index (Phi) is 5.05. The molecule has 4 nitrogen and oxygen atoms in total. The molecule has 22 heavy (non-hydrogen) atoms. The normalized spacial score (nSPS) is 16.3. The molecule has 0 saturated carbocycles. The van der Waals surface area contributed by atoms with Crippen LogP contribution in [0, 0.1) is 17.5 Å². The van der Waals surface area contributed by atoms with Crippen molar-refractivity contribution in [1.82, 2.24) is 10.2 Å². The fourth-order valence-corrected chi connectivity index (χ4v) is 2.43. The second-order valence-corrected chi connectivity index (χ2v) is 5.30. The zero-order chi connectivity index (χ0) is 16.3. The molecule has 0 aliphatic carbocycles. The van der Waals surface area contributed by atoms with Crippen molar-refractivity contribution in [2.24, 2.45) is 0 Å². The third kappa shape index (κ3) is 3.40. The van der Waals surface area contributed by atoms with Crippen LogP contribution in [0.25, 0.3) is 0 Å². The number of carbonyl (C=O) groups is 2. The number of hydrogen-bond acceptors (Lipinski definition) is 2. The first kappa shape index (κ1) is 16.3. The zero-order valence-corrected chi connectivity index (χ0v) is 12.2. The summed E-state index contributed by atoms with van der Waals surface area (Å²) in [5.41, 5.74) is -0.628. The van der Waals surface area contributed by atoms with Gasteiger partial charge in [0, 0.05) is 13.1 Å². The lowest BCUT2D eigenvalue weighted by molar-refractivity contribution is -0.133. The van der Waals surface area contributed by atoms with E-state index in [-0.39, 0.29) is 5.91 Å². The molecule has 7 heteroatoms. The molecule has 0 aromatic heterocycles. The highest BCUT2D eigenvalue weighted by Gasteiger charge is 2.25.